The lowest BCUT2D eigenvalue weighted by atomic mass is 10.2. The summed E-state index contributed by atoms with van der Waals surface area (Å²) in [7, 11) is 3.75. The molecule has 0 aliphatic heterocycles. The number of carbonyl (C=O) groups excluding carboxylic acids is 1. The largest absolute Gasteiger partial charge is 0.491 e. The molecule has 1 amide bonds. The van der Waals surface area contributed by atoms with Gasteiger partial charge in [-0.1, -0.05) is 6.07 Å². The number of hydrogen-bond acceptors (Lipinski definition) is 4. The van der Waals surface area contributed by atoms with E-state index >= 15 is 0 Å². The van der Waals surface area contributed by atoms with E-state index in [-0.39, 0.29) is 18.6 Å². The summed E-state index contributed by atoms with van der Waals surface area (Å²) in [6.45, 7) is 4.45. The Labute approximate surface area is 131 Å². The zero-order valence-electron chi connectivity index (χ0n) is 13.6. The van der Waals surface area contributed by atoms with E-state index in [1.165, 1.54) is 4.90 Å². The highest BCUT2D eigenvalue weighted by Crippen LogP contribution is 2.16. The van der Waals surface area contributed by atoms with E-state index in [4.69, 9.17) is 9.84 Å². The number of hydrogen-bond donors (Lipinski definition) is 1. The summed E-state index contributed by atoms with van der Waals surface area (Å²) in [4.78, 5) is 26.7. The smallest absolute Gasteiger partial charge is 0.323 e. The molecule has 0 radical (unpaired) electrons. The van der Waals surface area contributed by atoms with Crippen molar-refractivity contribution in [2.45, 2.75) is 20.0 Å². The summed E-state index contributed by atoms with van der Waals surface area (Å²) < 4.78 is 5.57. The predicted octanol–water partition coefficient (Wildman–Crippen LogP) is 1.56. The third-order valence-corrected chi connectivity index (χ3v) is 2.88. The number of carbonyl (C=O) groups is 2. The van der Waals surface area contributed by atoms with E-state index < -0.39 is 5.97 Å². The first-order valence-electron chi connectivity index (χ1n) is 7.22. The quantitative estimate of drug-likeness (QED) is 0.789. The molecule has 0 fully saturated rings. The van der Waals surface area contributed by atoms with Crippen molar-refractivity contribution in [2.75, 3.05) is 33.7 Å². The number of benzene rings is 1. The zero-order chi connectivity index (χ0) is 16.7. The second kappa shape index (κ2) is 8.38. The number of ether oxygens (including phenoxy) is 1. The molecule has 0 saturated carbocycles. The van der Waals surface area contributed by atoms with Crippen LogP contribution in [0.2, 0.25) is 0 Å². The number of rotatable bonds is 8. The topological polar surface area (TPSA) is 70.1 Å². The van der Waals surface area contributed by atoms with Crippen molar-refractivity contribution in [3.05, 3.63) is 29.8 Å². The van der Waals surface area contributed by atoms with Crippen LogP contribution in [0.5, 0.6) is 5.75 Å². The van der Waals surface area contributed by atoms with Gasteiger partial charge in [0, 0.05) is 18.7 Å². The van der Waals surface area contributed by atoms with Crippen LogP contribution in [0.15, 0.2) is 24.3 Å². The van der Waals surface area contributed by atoms with Crippen LogP contribution in [0.3, 0.4) is 0 Å². The number of likely N-dealkylation sites (N-methyl/N-ethyl adjacent to an activating group) is 1. The van der Waals surface area contributed by atoms with Crippen molar-refractivity contribution in [1.82, 2.24) is 9.80 Å². The average molecular weight is 308 g/mol. The van der Waals surface area contributed by atoms with Crippen LogP contribution in [0, 0.1) is 0 Å². The molecule has 0 aliphatic carbocycles. The number of aliphatic carboxylic acids is 1. The molecule has 1 rings (SSSR count). The molecule has 0 spiro atoms. The molecule has 1 N–H and O–H groups in total. The summed E-state index contributed by atoms with van der Waals surface area (Å²) >= 11 is 0. The Morgan fingerprint density at radius 2 is 1.91 bits per heavy atom. The maximum Gasteiger partial charge on any atom is 0.323 e. The predicted molar refractivity (Wildman–Crippen MR) is 84.3 cm³/mol. The second-order valence-corrected chi connectivity index (χ2v) is 5.62. The maximum atomic E-state index is 12.5. The van der Waals surface area contributed by atoms with Crippen LogP contribution in [0.25, 0.3) is 0 Å². The van der Waals surface area contributed by atoms with Crippen LogP contribution in [-0.4, -0.2) is 66.6 Å². The Morgan fingerprint density at radius 1 is 1.23 bits per heavy atom. The molecular weight excluding hydrogens is 284 g/mol. The molecule has 122 valence electrons. The minimum absolute atomic E-state index is 0.00853. The molecule has 6 heteroatoms. The summed E-state index contributed by atoms with van der Waals surface area (Å²) in [6.07, 6.45) is 0.00853. The standard InChI is InChI=1S/C16H24N2O4/c1-12(2)22-14-7-5-6-13(10-14)16(21)18(11-15(19)20)9-8-17(3)4/h5-7,10,12H,8-9,11H2,1-4H3,(H,19,20). The SMILES string of the molecule is CC(C)Oc1cccc(C(=O)N(CCN(C)C)CC(=O)O)c1. The minimum atomic E-state index is -1.03. The molecule has 0 saturated heterocycles. The first kappa shape index (κ1) is 18.0. The molecule has 6 nitrogen and oxygen atoms in total. The fourth-order valence-corrected chi connectivity index (χ4v) is 1.89. The van der Waals surface area contributed by atoms with Crippen LogP contribution < -0.4 is 4.74 Å². The summed E-state index contributed by atoms with van der Waals surface area (Å²) in [5.41, 5.74) is 0.429. The van der Waals surface area contributed by atoms with Gasteiger partial charge in [-0.2, -0.15) is 0 Å². The highest BCUT2D eigenvalue weighted by Gasteiger charge is 2.19. The van der Waals surface area contributed by atoms with Crippen molar-refractivity contribution in [3.63, 3.8) is 0 Å². The van der Waals surface area contributed by atoms with Crippen molar-refractivity contribution in [3.8, 4) is 5.75 Å². The van der Waals surface area contributed by atoms with E-state index in [0.717, 1.165) is 0 Å². The zero-order valence-corrected chi connectivity index (χ0v) is 13.6. The number of nitrogens with zero attached hydrogens (tertiary/aromatic N) is 2. The van der Waals surface area contributed by atoms with Gasteiger partial charge in [-0.3, -0.25) is 9.59 Å². The van der Waals surface area contributed by atoms with Gasteiger partial charge < -0.3 is 19.6 Å². The Morgan fingerprint density at radius 3 is 2.45 bits per heavy atom. The third-order valence-electron chi connectivity index (χ3n) is 2.88. The molecule has 0 atom stereocenters. The number of amides is 1. The molecule has 0 bridgehead atoms. The molecule has 0 aliphatic rings. The normalized spacial score (nSPS) is 10.8. The summed E-state index contributed by atoms with van der Waals surface area (Å²) in [5, 5.41) is 8.99. The Hall–Kier alpha value is -2.08. The molecule has 0 unspecified atom stereocenters. The molecule has 1 aromatic rings. The Bertz CT molecular complexity index is 515. The second-order valence-electron chi connectivity index (χ2n) is 5.62. The minimum Gasteiger partial charge on any atom is -0.491 e. The number of carboxylic acids is 1. The van der Waals surface area contributed by atoms with Gasteiger partial charge in [0.05, 0.1) is 6.10 Å². The number of carboxylic acid groups (broad SMARTS) is 1. The van der Waals surface area contributed by atoms with Crippen molar-refractivity contribution in [1.29, 1.82) is 0 Å². The van der Waals surface area contributed by atoms with Crippen molar-refractivity contribution < 1.29 is 19.4 Å². The highest BCUT2D eigenvalue weighted by molar-refractivity contribution is 5.96. The first-order chi connectivity index (χ1) is 10.3. The highest BCUT2D eigenvalue weighted by atomic mass is 16.5. The van der Waals surface area contributed by atoms with E-state index in [9.17, 15) is 9.59 Å². The van der Waals surface area contributed by atoms with Gasteiger partial charge in [0.2, 0.25) is 0 Å². The average Bonchev–Trinajstić information content (AvgIpc) is 2.41. The van der Waals surface area contributed by atoms with Gasteiger partial charge in [0.1, 0.15) is 12.3 Å². The van der Waals surface area contributed by atoms with E-state index in [0.29, 0.717) is 24.4 Å². The van der Waals surface area contributed by atoms with Crippen LogP contribution >= 0.6 is 0 Å². The van der Waals surface area contributed by atoms with Crippen LogP contribution in [-0.2, 0) is 4.79 Å². The Kier molecular flexibility index (Phi) is 6.85. The fraction of sp³-hybridized carbons (Fsp3) is 0.500. The molecular formula is C16H24N2O4. The van der Waals surface area contributed by atoms with Crippen LogP contribution in [0.4, 0.5) is 0 Å². The summed E-state index contributed by atoms with van der Waals surface area (Å²) in [5.74, 6) is -0.733. The lowest BCUT2D eigenvalue weighted by molar-refractivity contribution is -0.137. The van der Waals surface area contributed by atoms with Crippen molar-refractivity contribution >= 4 is 11.9 Å². The molecule has 1 aromatic carbocycles. The van der Waals surface area contributed by atoms with Gasteiger partial charge in [-0.15, -0.1) is 0 Å². The third kappa shape index (κ3) is 6.13. The molecule has 0 aromatic heterocycles. The van der Waals surface area contributed by atoms with Gasteiger partial charge in [-0.25, -0.2) is 0 Å². The van der Waals surface area contributed by atoms with Crippen molar-refractivity contribution in [2.24, 2.45) is 0 Å². The van der Waals surface area contributed by atoms with E-state index in [1.54, 1.807) is 24.3 Å². The van der Waals surface area contributed by atoms with Gasteiger partial charge in [-0.05, 0) is 46.1 Å². The van der Waals surface area contributed by atoms with E-state index in [1.807, 2.05) is 32.8 Å². The monoisotopic (exact) mass is 308 g/mol. The van der Waals surface area contributed by atoms with Gasteiger partial charge >= 0.3 is 5.97 Å². The summed E-state index contributed by atoms with van der Waals surface area (Å²) in [6, 6.07) is 6.82. The van der Waals surface area contributed by atoms with Crippen LogP contribution in [0.1, 0.15) is 24.2 Å². The lowest BCUT2D eigenvalue weighted by Crippen LogP contribution is -2.40. The fourth-order valence-electron chi connectivity index (χ4n) is 1.89. The van der Waals surface area contributed by atoms with E-state index in [2.05, 4.69) is 0 Å². The van der Waals surface area contributed by atoms with Gasteiger partial charge in [0.25, 0.3) is 5.91 Å². The Balaban J connectivity index is 2.89. The van der Waals surface area contributed by atoms with Gasteiger partial charge in [0.15, 0.2) is 0 Å². The molecule has 0 heterocycles. The maximum absolute atomic E-state index is 12.5. The lowest BCUT2D eigenvalue weighted by Gasteiger charge is -2.23. The molecule has 22 heavy (non-hydrogen) atoms. The first-order valence-corrected chi connectivity index (χ1v) is 7.22.